The molecule has 0 saturated carbocycles. The Kier molecular flexibility index (Phi) is 2.93. The van der Waals surface area contributed by atoms with Crippen LogP contribution >= 0.6 is 0 Å². The highest BCUT2D eigenvalue weighted by Gasteiger charge is 2.14. The molecule has 1 saturated heterocycles. The number of benzene rings is 1. The fourth-order valence-corrected chi connectivity index (χ4v) is 2.06. The van der Waals surface area contributed by atoms with E-state index in [0.717, 1.165) is 11.3 Å². The van der Waals surface area contributed by atoms with Crippen LogP contribution in [0.15, 0.2) is 34.3 Å². The summed E-state index contributed by atoms with van der Waals surface area (Å²) in [7, 11) is -3.51. The normalized spacial score (nSPS) is 15.4. The van der Waals surface area contributed by atoms with Crippen LogP contribution < -0.4 is 10.1 Å². The van der Waals surface area contributed by atoms with Crippen LogP contribution in [0.25, 0.3) is 0 Å². The molecule has 1 aliphatic rings. The highest BCUT2D eigenvalue weighted by atomic mass is 32.2. The standard InChI is InChI=1S/C10H13N3O2S/c1-8-2-4-10(5-3-8)16(14,15)13-12-9-6-11-7-9/h2-5,11,13H,6-7H2,1H3. The van der Waals surface area contributed by atoms with Crippen molar-refractivity contribution in [3.8, 4) is 0 Å². The van der Waals surface area contributed by atoms with Crippen molar-refractivity contribution >= 4 is 15.7 Å². The van der Waals surface area contributed by atoms with Crippen LogP contribution in [0.5, 0.6) is 0 Å². The zero-order chi connectivity index (χ0) is 11.6. The monoisotopic (exact) mass is 239 g/mol. The highest BCUT2D eigenvalue weighted by molar-refractivity contribution is 7.89. The van der Waals surface area contributed by atoms with Crippen molar-refractivity contribution in [3.05, 3.63) is 29.8 Å². The Labute approximate surface area is 94.6 Å². The molecule has 6 heteroatoms. The molecule has 0 amide bonds. The molecule has 0 aromatic heterocycles. The Balaban J connectivity index is 2.15. The van der Waals surface area contributed by atoms with Gasteiger partial charge in [-0.25, -0.2) is 4.83 Å². The van der Waals surface area contributed by atoms with E-state index in [-0.39, 0.29) is 4.90 Å². The zero-order valence-electron chi connectivity index (χ0n) is 8.90. The van der Waals surface area contributed by atoms with Crippen molar-refractivity contribution in [2.24, 2.45) is 5.10 Å². The molecule has 5 nitrogen and oxygen atoms in total. The number of hydrogen-bond acceptors (Lipinski definition) is 4. The summed E-state index contributed by atoms with van der Waals surface area (Å²) in [5, 5.41) is 6.80. The number of nitrogens with zero attached hydrogens (tertiary/aromatic N) is 1. The Hall–Kier alpha value is -1.40. The van der Waals surface area contributed by atoms with Gasteiger partial charge in [-0.3, -0.25) is 0 Å². The van der Waals surface area contributed by atoms with Crippen LogP contribution in [0.4, 0.5) is 0 Å². The molecule has 1 aromatic carbocycles. The summed E-state index contributed by atoms with van der Waals surface area (Å²) in [4.78, 5) is 2.45. The molecule has 2 rings (SSSR count). The molecule has 1 aliphatic heterocycles. The van der Waals surface area contributed by atoms with E-state index in [1.165, 1.54) is 0 Å². The number of hydrogen-bond donors (Lipinski definition) is 2. The van der Waals surface area contributed by atoms with Crippen LogP contribution in [-0.4, -0.2) is 27.2 Å². The maximum absolute atomic E-state index is 11.7. The fraction of sp³-hybridized carbons (Fsp3) is 0.300. The first-order valence-electron chi connectivity index (χ1n) is 4.92. The summed E-state index contributed by atoms with van der Waals surface area (Å²) in [6.07, 6.45) is 0. The maximum Gasteiger partial charge on any atom is 0.276 e. The van der Waals surface area contributed by atoms with Gasteiger partial charge in [0.15, 0.2) is 0 Å². The quantitative estimate of drug-likeness (QED) is 0.742. The van der Waals surface area contributed by atoms with E-state index in [9.17, 15) is 8.42 Å². The van der Waals surface area contributed by atoms with Gasteiger partial charge in [0.1, 0.15) is 0 Å². The Morgan fingerprint density at radius 3 is 2.38 bits per heavy atom. The fourth-order valence-electron chi connectivity index (χ4n) is 1.21. The van der Waals surface area contributed by atoms with E-state index in [4.69, 9.17) is 0 Å². The third-order valence-electron chi connectivity index (χ3n) is 2.31. The minimum atomic E-state index is -3.51. The van der Waals surface area contributed by atoms with Gasteiger partial charge in [-0.1, -0.05) is 17.7 Å². The second kappa shape index (κ2) is 4.23. The van der Waals surface area contributed by atoms with E-state index in [2.05, 4.69) is 15.2 Å². The van der Waals surface area contributed by atoms with Crippen LogP contribution in [0.3, 0.4) is 0 Å². The average molecular weight is 239 g/mol. The lowest BCUT2D eigenvalue weighted by Gasteiger charge is -2.16. The molecule has 0 bridgehead atoms. The Morgan fingerprint density at radius 2 is 1.88 bits per heavy atom. The van der Waals surface area contributed by atoms with E-state index in [0.29, 0.717) is 13.1 Å². The first kappa shape index (κ1) is 11.1. The lowest BCUT2D eigenvalue weighted by Crippen LogP contribution is -2.44. The summed E-state index contributed by atoms with van der Waals surface area (Å²) in [6.45, 7) is 3.21. The topological polar surface area (TPSA) is 70.6 Å². The van der Waals surface area contributed by atoms with E-state index in [1.54, 1.807) is 24.3 Å². The summed E-state index contributed by atoms with van der Waals surface area (Å²) < 4.78 is 23.5. The van der Waals surface area contributed by atoms with Crippen molar-refractivity contribution in [2.75, 3.05) is 13.1 Å². The molecule has 0 radical (unpaired) electrons. The lowest BCUT2D eigenvalue weighted by atomic mass is 10.2. The van der Waals surface area contributed by atoms with Crippen molar-refractivity contribution in [3.63, 3.8) is 0 Å². The Bertz CT molecular complexity index is 499. The predicted molar refractivity (Wildman–Crippen MR) is 61.8 cm³/mol. The van der Waals surface area contributed by atoms with Gasteiger partial charge in [0, 0.05) is 13.1 Å². The first-order valence-corrected chi connectivity index (χ1v) is 6.41. The van der Waals surface area contributed by atoms with Crippen LogP contribution in [0.1, 0.15) is 5.56 Å². The maximum atomic E-state index is 11.7. The van der Waals surface area contributed by atoms with Gasteiger partial charge in [0.25, 0.3) is 10.0 Å². The SMILES string of the molecule is Cc1ccc(S(=O)(=O)NN=C2CNC2)cc1. The van der Waals surface area contributed by atoms with E-state index < -0.39 is 10.0 Å². The molecule has 16 heavy (non-hydrogen) atoms. The molecule has 0 atom stereocenters. The Morgan fingerprint density at radius 1 is 1.25 bits per heavy atom. The summed E-state index contributed by atoms with van der Waals surface area (Å²) >= 11 is 0. The minimum Gasteiger partial charge on any atom is -0.306 e. The van der Waals surface area contributed by atoms with Crippen LogP contribution in [-0.2, 0) is 10.0 Å². The van der Waals surface area contributed by atoms with Gasteiger partial charge in [0.05, 0.1) is 10.6 Å². The molecular formula is C10H13N3O2S. The zero-order valence-corrected chi connectivity index (χ0v) is 9.71. The van der Waals surface area contributed by atoms with Gasteiger partial charge in [-0.15, -0.1) is 0 Å². The molecule has 0 aliphatic carbocycles. The average Bonchev–Trinajstić information content (AvgIpc) is 2.15. The lowest BCUT2D eigenvalue weighted by molar-refractivity contribution is 0.583. The van der Waals surface area contributed by atoms with E-state index in [1.807, 2.05) is 6.92 Å². The van der Waals surface area contributed by atoms with Gasteiger partial charge in [-0.2, -0.15) is 13.5 Å². The minimum absolute atomic E-state index is 0.231. The first-order chi connectivity index (χ1) is 7.58. The molecule has 0 unspecified atom stereocenters. The van der Waals surface area contributed by atoms with Crippen molar-refractivity contribution in [1.82, 2.24) is 10.1 Å². The molecule has 2 N–H and O–H groups in total. The van der Waals surface area contributed by atoms with Gasteiger partial charge < -0.3 is 5.32 Å². The van der Waals surface area contributed by atoms with Crippen molar-refractivity contribution in [2.45, 2.75) is 11.8 Å². The predicted octanol–water partition coefficient (Wildman–Crippen LogP) is 0.233. The molecule has 1 fully saturated rings. The number of aryl methyl sites for hydroxylation is 1. The highest BCUT2D eigenvalue weighted by Crippen LogP contribution is 2.09. The third-order valence-corrected chi connectivity index (χ3v) is 3.54. The summed E-state index contributed by atoms with van der Waals surface area (Å²) in [5.41, 5.74) is 1.84. The molecule has 1 aromatic rings. The molecule has 1 heterocycles. The molecule has 86 valence electrons. The third kappa shape index (κ3) is 2.40. The van der Waals surface area contributed by atoms with Gasteiger partial charge in [0.2, 0.25) is 0 Å². The number of hydrazone groups is 1. The molecule has 0 spiro atoms. The number of nitrogens with one attached hydrogen (secondary N) is 2. The molecular weight excluding hydrogens is 226 g/mol. The second-order valence-corrected chi connectivity index (χ2v) is 5.35. The van der Waals surface area contributed by atoms with Gasteiger partial charge >= 0.3 is 0 Å². The summed E-state index contributed by atoms with van der Waals surface area (Å²) in [6, 6.07) is 6.65. The largest absolute Gasteiger partial charge is 0.306 e. The van der Waals surface area contributed by atoms with E-state index >= 15 is 0 Å². The number of rotatable bonds is 3. The van der Waals surface area contributed by atoms with Crippen molar-refractivity contribution in [1.29, 1.82) is 0 Å². The van der Waals surface area contributed by atoms with Gasteiger partial charge in [-0.05, 0) is 19.1 Å². The second-order valence-electron chi connectivity index (χ2n) is 3.69. The van der Waals surface area contributed by atoms with Crippen LogP contribution in [0.2, 0.25) is 0 Å². The smallest absolute Gasteiger partial charge is 0.276 e. The summed E-state index contributed by atoms with van der Waals surface area (Å²) in [5.74, 6) is 0. The number of sulfonamides is 1. The van der Waals surface area contributed by atoms with Crippen molar-refractivity contribution < 1.29 is 8.42 Å². The van der Waals surface area contributed by atoms with Crippen LogP contribution in [0, 0.1) is 6.92 Å².